The first-order valence-corrected chi connectivity index (χ1v) is 7.41. The highest BCUT2D eigenvalue weighted by Gasteiger charge is 2.20. The molecule has 0 saturated carbocycles. The van der Waals surface area contributed by atoms with Gasteiger partial charge >= 0.3 is 0 Å². The van der Waals surface area contributed by atoms with Crippen molar-refractivity contribution in [2.45, 2.75) is 0 Å². The third-order valence-corrected chi connectivity index (χ3v) is 4.13. The van der Waals surface area contributed by atoms with Crippen LogP contribution in [0.5, 0.6) is 0 Å². The van der Waals surface area contributed by atoms with Crippen LogP contribution >= 0.6 is 11.6 Å². The maximum absolute atomic E-state index is 13.5. The number of aryl methyl sites for hydroxylation is 1. The predicted molar refractivity (Wildman–Crippen MR) is 90.8 cm³/mol. The number of nitrogens with zero attached hydrogens (tertiary/aromatic N) is 1. The third-order valence-electron chi connectivity index (χ3n) is 3.75. The van der Waals surface area contributed by atoms with Gasteiger partial charge in [0.1, 0.15) is 11.5 Å². The van der Waals surface area contributed by atoms with Crippen molar-refractivity contribution in [3.63, 3.8) is 0 Å². The van der Waals surface area contributed by atoms with E-state index in [1.807, 2.05) is 24.3 Å². The fourth-order valence-electron chi connectivity index (χ4n) is 2.58. The van der Waals surface area contributed by atoms with Gasteiger partial charge in [0.2, 0.25) is 0 Å². The number of para-hydroxylation sites is 1. The SMILES string of the molecule is Cn1c(C(=O)Nc2ccc(F)c(C(N)=O)c2)c(Cl)c2ccccc21. The Balaban J connectivity index is 1.99. The van der Waals surface area contributed by atoms with Crippen molar-refractivity contribution in [3.05, 3.63) is 64.6 Å². The van der Waals surface area contributed by atoms with E-state index in [1.54, 1.807) is 11.6 Å². The Hall–Kier alpha value is -2.86. The number of primary amides is 1. The summed E-state index contributed by atoms with van der Waals surface area (Å²) in [6.07, 6.45) is 0. The Bertz CT molecular complexity index is 942. The normalized spacial score (nSPS) is 10.8. The van der Waals surface area contributed by atoms with Gasteiger partial charge in [0.15, 0.2) is 0 Å². The quantitative estimate of drug-likeness (QED) is 0.764. The third kappa shape index (κ3) is 2.61. The molecule has 3 N–H and O–H groups in total. The number of halogens is 2. The molecule has 0 radical (unpaired) electrons. The van der Waals surface area contributed by atoms with Gasteiger partial charge in [-0.05, 0) is 24.3 Å². The van der Waals surface area contributed by atoms with Crippen LogP contribution < -0.4 is 11.1 Å². The summed E-state index contributed by atoms with van der Waals surface area (Å²) in [5.74, 6) is -2.13. The van der Waals surface area contributed by atoms with Crippen LogP contribution in [0, 0.1) is 5.82 Å². The van der Waals surface area contributed by atoms with Crippen LogP contribution in [-0.4, -0.2) is 16.4 Å². The van der Waals surface area contributed by atoms with E-state index in [9.17, 15) is 14.0 Å². The molecule has 0 aliphatic carbocycles. The topological polar surface area (TPSA) is 77.1 Å². The number of amides is 2. The number of fused-ring (bicyclic) bond motifs is 1. The van der Waals surface area contributed by atoms with Crippen LogP contribution in [0.2, 0.25) is 5.02 Å². The van der Waals surface area contributed by atoms with E-state index < -0.39 is 17.6 Å². The molecule has 2 amide bonds. The molecular formula is C17H13ClFN3O2. The molecule has 0 spiro atoms. The zero-order valence-electron chi connectivity index (χ0n) is 12.6. The number of hydrogen-bond donors (Lipinski definition) is 2. The van der Waals surface area contributed by atoms with Crippen molar-refractivity contribution in [3.8, 4) is 0 Å². The summed E-state index contributed by atoms with van der Waals surface area (Å²) in [4.78, 5) is 23.8. The molecule has 2 aromatic carbocycles. The molecule has 0 aliphatic rings. The number of nitrogens with one attached hydrogen (secondary N) is 1. The first-order valence-electron chi connectivity index (χ1n) is 7.03. The average molecular weight is 346 g/mol. The monoisotopic (exact) mass is 345 g/mol. The number of rotatable bonds is 3. The molecule has 7 heteroatoms. The molecule has 1 aromatic heterocycles. The number of hydrogen-bond acceptors (Lipinski definition) is 2. The van der Waals surface area contributed by atoms with Crippen LogP contribution in [0.25, 0.3) is 10.9 Å². The molecule has 3 rings (SSSR count). The summed E-state index contributed by atoms with van der Waals surface area (Å²) >= 11 is 6.31. The second-order valence-corrected chi connectivity index (χ2v) is 5.63. The Morgan fingerprint density at radius 1 is 1.21 bits per heavy atom. The van der Waals surface area contributed by atoms with Crippen molar-refractivity contribution >= 4 is 40.0 Å². The van der Waals surface area contributed by atoms with Gasteiger partial charge in [-0.2, -0.15) is 0 Å². The number of aromatic nitrogens is 1. The minimum atomic E-state index is -0.911. The largest absolute Gasteiger partial charge is 0.366 e. The van der Waals surface area contributed by atoms with E-state index in [1.165, 1.54) is 12.1 Å². The summed E-state index contributed by atoms with van der Waals surface area (Å²) < 4.78 is 15.2. The fourth-order valence-corrected chi connectivity index (χ4v) is 2.95. The number of carbonyl (C=O) groups is 2. The zero-order chi connectivity index (χ0) is 17.4. The molecule has 0 bridgehead atoms. The van der Waals surface area contributed by atoms with Gasteiger partial charge < -0.3 is 15.6 Å². The van der Waals surface area contributed by atoms with Crippen molar-refractivity contribution in [1.29, 1.82) is 0 Å². The van der Waals surface area contributed by atoms with Gasteiger partial charge in [0.25, 0.3) is 11.8 Å². The van der Waals surface area contributed by atoms with E-state index >= 15 is 0 Å². The second kappa shape index (κ2) is 5.98. The molecule has 1 heterocycles. The van der Waals surface area contributed by atoms with Crippen LogP contribution in [0.4, 0.5) is 10.1 Å². The second-order valence-electron chi connectivity index (χ2n) is 5.25. The van der Waals surface area contributed by atoms with Crippen molar-refractivity contribution < 1.29 is 14.0 Å². The van der Waals surface area contributed by atoms with Gasteiger partial charge in [-0.15, -0.1) is 0 Å². The molecule has 122 valence electrons. The average Bonchev–Trinajstić information content (AvgIpc) is 2.81. The summed E-state index contributed by atoms with van der Waals surface area (Å²) in [6, 6.07) is 10.9. The highest BCUT2D eigenvalue weighted by atomic mass is 35.5. The Labute approximate surface area is 141 Å². The Morgan fingerprint density at radius 2 is 1.92 bits per heavy atom. The van der Waals surface area contributed by atoms with E-state index in [0.717, 1.165) is 17.0 Å². The van der Waals surface area contributed by atoms with E-state index in [4.69, 9.17) is 17.3 Å². The summed E-state index contributed by atoms with van der Waals surface area (Å²) in [6.45, 7) is 0. The summed E-state index contributed by atoms with van der Waals surface area (Å²) in [5, 5.41) is 3.68. The van der Waals surface area contributed by atoms with Gasteiger partial charge in [-0.3, -0.25) is 9.59 Å². The lowest BCUT2D eigenvalue weighted by Crippen LogP contribution is -2.18. The highest BCUT2D eigenvalue weighted by Crippen LogP contribution is 2.30. The molecule has 5 nitrogen and oxygen atoms in total. The lowest BCUT2D eigenvalue weighted by molar-refractivity contribution is 0.0991. The van der Waals surface area contributed by atoms with E-state index in [2.05, 4.69) is 5.32 Å². The predicted octanol–water partition coefficient (Wildman–Crippen LogP) is 3.32. The molecule has 0 atom stereocenters. The summed E-state index contributed by atoms with van der Waals surface area (Å²) in [7, 11) is 1.72. The zero-order valence-corrected chi connectivity index (χ0v) is 13.4. The van der Waals surface area contributed by atoms with Crippen molar-refractivity contribution in [1.82, 2.24) is 4.57 Å². The van der Waals surface area contributed by atoms with Crippen molar-refractivity contribution in [2.24, 2.45) is 12.8 Å². The van der Waals surface area contributed by atoms with Gasteiger partial charge in [-0.1, -0.05) is 29.8 Å². The maximum atomic E-state index is 13.5. The maximum Gasteiger partial charge on any atom is 0.273 e. The standard InChI is InChI=1S/C17H13ClFN3O2/c1-22-13-5-3-2-4-10(13)14(18)15(22)17(24)21-9-6-7-12(19)11(8-9)16(20)23/h2-8H,1H3,(H2,20,23)(H,21,24). The fraction of sp³-hybridized carbons (Fsp3) is 0.0588. The highest BCUT2D eigenvalue weighted by molar-refractivity contribution is 6.39. The molecule has 0 aliphatic heterocycles. The Kier molecular flexibility index (Phi) is 3.99. The van der Waals surface area contributed by atoms with Crippen molar-refractivity contribution in [2.75, 3.05) is 5.32 Å². The van der Waals surface area contributed by atoms with Crippen LogP contribution in [-0.2, 0) is 7.05 Å². The van der Waals surface area contributed by atoms with Gasteiger partial charge in [0, 0.05) is 23.6 Å². The molecule has 0 unspecified atom stereocenters. The van der Waals surface area contributed by atoms with Gasteiger partial charge in [-0.25, -0.2) is 4.39 Å². The van der Waals surface area contributed by atoms with Gasteiger partial charge in [0.05, 0.1) is 10.6 Å². The molecule has 0 saturated heterocycles. The number of nitrogens with two attached hydrogens (primary N) is 1. The first kappa shape index (κ1) is 16.0. The Morgan fingerprint density at radius 3 is 2.58 bits per heavy atom. The minimum Gasteiger partial charge on any atom is -0.366 e. The molecule has 24 heavy (non-hydrogen) atoms. The molecular weight excluding hydrogens is 333 g/mol. The van der Waals surface area contributed by atoms with Crippen LogP contribution in [0.1, 0.15) is 20.8 Å². The summed E-state index contributed by atoms with van der Waals surface area (Å²) in [5.41, 5.74) is 6.14. The first-order chi connectivity index (χ1) is 11.4. The number of benzene rings is 2. The van der Waals surface area contributed by atoms with E-state index in [-0.39, 0.29) is 16.9 Å². The minimum absolute atomic E-state index is 0.247. The smallest absolute Gasteiger partial charge is 0.273 e. The number of carbonyl (C=O) groups excluding carboxylic acids is 2. The van der Waals surface area contributed by atoms with Crippen LogP contribution in [0.3, 0.4) is 0 Å². The number of anilines is 1. The molecule has 0 fully saturated rings. The molecule has 3 aromatic rings. The van der Waals surface area contributed by atoms with E-state index in [0.29, 0.717) is 5.02 Å². The lowest BCUT2D eigenvalue weighted by atomic mass is 10.1. The lowest BCUT2D eigenvalue weighted by Gasteiger charge is -2.08. The van der Waals surface area contributed by atoms with Crippen LogP contribution in [0.15, 0.2) is 42.5 Å².